The Kier molecular flexibility index (Phi) is 9.28. The van der Waals surface area contributed by atoms with Gasteiger partial charge in [0.1, 0.15) is 6.61 Å². The van der Waals surface area contributed by atoms with Crippen molar-refractivity contribution in [1.82, 2.24) is 5.32 Å². The van der Waals surface area contributed by atoms with Crippen LogP contribution in [0.2, 0.25) is 0 Å². The van der Waals surface area contributed by atoms with Crippen LogP contribution < -0.4 is 14.8 Å². The van der Waals surface area contributed by atoms with Gasteiger partial charge in [0.25, 0.3) is 0 Å². The molecule has 0 aliphatic rings. The standard InChI is InChI=1S/C16H25NO4/c1-3-10-19-13-14(18)12-17-9-11-21-16-8-6-5-7-15(16)20-4-2/h3,5-8,14,17-18H,1,4,9-13H2,2H3/t14-/m1/s1. The molecule has 1 atom stereocenters. The summed E-state index contributed by atoms with van der Waals surface area (Å²) in [5, 5.41) is 12.7. The molecular formula is C16H25NO4. The summed E-state index contributed by atoms with van der Waals surface area (Å²) in [6, 6.07) is 7.58. The van der Waals surface area contributed by atoms with E-state index in [-0.39, 0.29) is 0 Å². The molecular weight excluding hydrogens is 270 g/mol. The lowest BCUT2D eigenvalue weighted by atomic mass is 10.3. The van der Waals surface area contributed by atoms with Crippen LogP contribution in [0.3, 0.4) is 0 Å². The fourth-order valence-electron chi connectivity index (χ4n) is 1.69. The fourth-order valence-corrected chi connectivity index (χ4v) is 1.69. The van der Waals surface area contributed by atoms with E-state index in [1.165, 1.54) is 0 Å². The van der Waals surface area contributed by atoms with Gasteiger partial charge in [-0.15, -0.1) is 6.58 Å². The molecule has 5 heteroatoms. The number of benzene rings is 1. The molecule has 1 rings (SSSR count). The Morgan fingerprint density at radius 2 is 2.00 bits per heavy atom. The van der Waals surface area contributed by atoms with Crippen LogP contribution in [0.1, 0.15) is 6.92 Å². The van der Waals surface area contributed by atoms with Crippen molar-refractivity contribution in [3.63, 3.8) is 0 Å². The first-order chi connectivity index (χ1) is 10.3. The van der Waals surface area contributed by atoms with E-state index in [9.17, 15) is 5.11 Å². The zero-order chi connectivity index (χ0) is 15.3. The Hall–Kier alpha value is -1.56. The van der Waals surface area contributed by atoms with Crippen molar-refractivity contribution in [2.75, 3.05) is 39.5 Å². The number of hydrogen-bond acceptors (Lipinski definition) is 5. The molecule has 0 fully saturated rings. The second-order valence-corrected chi connectivity index (χ2v) is 4.41. The number of para-hydroxylation sites is 2. The van der Waals surface area contributed by atoms with Crippen LogP contribution in [0.5, 0.6) is 11.5 Å². The van der Waals surface area contributed by atoms with Gasteiger partial charge in [-0.05, 0) is 19.1 Å². The molecule has 0 saturated heterocycles. The Labute approximate surface area is 126 Å². The largest absolute Gasteiger partial charge is 0.490 e. The smallest absolute Gasteiger partial charge is 0.161 e. The van der Waals surface area contributed by atoms with E-state index in [4.69, 9.17) is 14.2 Å². The maximum absolute atomic E-state index is 9.62. The highest BCUT2D eigenvalue weighted by atomic mass is 16.5. The maximum atomic E-state index is 9.62. The second kappa shape index (κ2) is 11.1. The van der Waals surface area contributed by atoms with Crippen molar-refractivity contribution in [3.8, 4) is 11.5 Å². The number of ether oxygens (including phenoxy) is 3. The van der Waals surface area contributed by atoms with Crippen molar-refractivity contribution in [1.29, 1.82) is 0 Å². The summed E-state index contributed by atoms with van der Waals surface area (Å²) in [5.41, 5.74) is 0. The summed E-state index contributed by atoms with van der Waals surface area (Å²) in [6.07, 6.45) is 1.13. The van der Waals surface area contributed by atoms with Crippen LogP contribution >= 0.6 is 0 Å². The van der Waals surface area contributed by atoms with Gasteiger partial charge in [0.15, 0.2) is 11.5 Å². The first-order valence-electron chi connectivity index (χ1n) is 7.20. The quantitative estimate of drug-likeness (QED) is 0.453. The predicted octanol–water partition coefficient (Wildman–Crippen LogP) is 1.62. The highest BCUT2D eigenvalue weighted by Gasteiger charge is 2.04. The van der Waals surface area contributed by atoms with Crippen molar-refractivity contribution >= 4 is 0 Å². The van der Waals surface area contributed by atoms with Gasteiger partial charge in [0.05, 0.1) is 25.9 Å². The third-order valence-electron chi connectivity index (χ3n) is 2.61. The Morgan fingerprint density at radius 3 is 2.67 bits per heavy atom. The summed E-state index contributed by atoms with van der Waals surface area (Å²) < 4.78 is 16.3. The van der Waals surface area contributed by atoms with Crippen LogP contribution in [0.4, 0.5) is 0 Å². The molecule has 0 bridgehead atoms. The van der Waals surface area contributed by atoms with Gasteiger partial charge < -0.3 is 24.6 Å². The highest BCUT2D eigenvalue weighted by molar-refractivity contribution is 5.39. The van der Waals surface area contributed by atoms with Crippen molar-refractivity contribution in [2.45, 2.75) is 13.0 Å². The van der Waals surface area contributed by atoms with Crippen LogP contribution in [-0.4, -0.2) is 50.7 Å². The van der Waals surface area contributed by atoms with Gasteiger partial charge in [-0.25, -0.2) is 0 Å². The Morgan fingerprint density at radius 1 is 1.29 bits per heavy atom. The number of rotatable bonds is 12. The topological polar surface area (TPSA) is 60.0 Å². The van der Waals surface area contributed by atoms with Crippen molar-refractivity contribution in [3.05, 3.63) is 36.9 Å². The van der Waals surface area contributed by atoms with Gasteiger partial charge in [-0.3, -0.25) is 0 Å². The molecule has 0 aromatic heterocycles. The summed E-state index contributed by atoms with van der Waals surface area (Å²) in [6.45, 7) is 8.45. The lowest BCUT2D eigenvalue weighted by molar-refractivity contribution is 0.0491. The van der Waals surface area contributed by atoms with E-state index >= 15 is 0 Å². The Balaban J connectivity index is 2.15. The molecule has 118 valence electrons. The van der Waals surface area contributed by atoms with Crippen LogP contribution in [0.25, 0.3) is 0 Å². The minimum absolute atomic E-state index is 0.299. The predicted molar refractivity (Wildman–Crippen MR) is 83.0 cm³/mol. The number of aliphatic hydroxyl groups is 1. The molecule has 1 aromatic carbocycles. The third-order valence-corrected chi connectivity index (χ3v) is 2.61. The molecule has 0 heterocycles. The average molecular weight is 295 g/mol. The summed E-state index contributed by atoms with van der Waals surface area (Å²) in [5.74, 6) is 1.48. The summed E-state index contributed by atoms with van der Waals surface area (Å²) in [7, 11) is 0. The van der Waals surface area contributed by atoms with Gasteiger partial charge in [-0.1, -0.05) is 18.2 Å². The molecule has 0 aliphatic carbocycles. The molecule has 0 unspecified atom stereocenters. The molecule has 0 amide bonds. The third kappa shape index (κ3) is 7.70. The van der Waals surface area contributed by atoms with E-state index in [0.29, 0.717) is 39.5 Å². The number of aliphatic hydroxyl groups excluding tert-OH is 1. The molecule has 0 aliphatic heterocycles. The Bertz CT molecular complexity index is 398. The van der Waals surface area contributed by atoms with Crippen molar-refractivity contribution in [2.24, 2.45) is 0 Å². The molecule has 0 saturated carbocycles. The zero-order valence-corrected chi connectivity index (χ0v) is 12.6. The van der Waals surface area contributed by atoms with Gasteiger partial charge in [-0.2, -0.15) is 0 Å². The van der Waals surface area contributed by atoms with Crippen molar-refractivity contribution < 1.29 is 19.3 Å². The van der Waals surface area contributed by atoms with Crippen LogP contribution in [-0.2, 0) is 4.74 Å². The first kappa shape index (κ1) is 17.5. The van der Waals surface area contributed by atoms with Crippen LogP contribution in [0, 0.1) is 0 Å². The molecule has 1 aromatic rings. The number of hydrogen-bond donors (Lipinski definition) is 2. The lowest BCUT2D eigenvalue weighted by Gasteiger charge is -2.13. The minimum atomic E-state index is -0.527. The van der Waals surface area contributed by atoms with Gasteiger partial charge in [0, 0.05) is 13.1 Å². The zero-order valence-electron chi connectivity index (χ0n) is 12.6. The SMILES string of the molecule is C=CCOC[C@H](O)CNCCOc1ccccc1OCC. The summed E-state index contributed by atoms with van der Waals surface area (Å²) in [4.78, 5) is 0. The van der Waals surface area contributed by atoms with Gasteiger partial charge in [0.2, 0.25) is 0 Å². The molecule has 0 spiro atoms. The number of nitrogens with one attached hydrogen (secondary N) is 1. The maximum Gasteiger partial charge on any atom is 0.161 e. The normalized spacial score (nSPS) is 11.9. The second-order valence-electron chi connectivity index (χ2n) is 4.41. The van der Waals surface area contributed by atoms with E-state index in [1.54, 1.807) is 6.08 Å². The molecule has 21 heavy (non-hydrogen) atoms. The fraction of sp³-hybridized carbons (Fsp3) is 0.500. The summed E-state index contributed by atoms with van der Waals surface area (Å²) >= 11 is 0. The minimum Gasteiger partial charge on any atom is -0.490 e. The van der Waals surface area contributed by atoms with E-state index in [2.05, 4.69) is 11.9 Å². The monoisotopic (exact) mass is 295 g/mol. The first-order valence-corrected chi connectivity index (χ1v) is 7.20. The van der Waals surface area contributed by atoms with Crippen LogP contribution in [0.15, 0.2) is 36.9 Å². The van der Waals surface area contributed by atoms with E-state index < -0.39 is 6.10 Å². The molecule has 0 radical (unpaired) electrons. The highest BCUT2D eigenvalue weighted by Crippen LogP contribution is 2.25. The molecule has 2 N–H and O–H groups in total. The lowest BCUT2D eigenvalue weighted by Crippen LogP contribution is -2.32. The average Bonchev–Trinajstić information content (AvgIpc) is 2.49. The van der Waals surface area contributed by atoms with E-state index in [0.717, 1.165) is 11.5 Å². The van der Waals surface area contributed by atoms with Gasteiger partial charge >= 0.3 is 0 Å². The van der Waals surface area contributed by atoms with E-state index in [1.807, 2.05) is 31.2 Å². The molecule has 5 nitrogen and oxygen atoms in total.